The zero-order valence-corrected chi connectivity index (χ0v) is 12.8. The Morgan fingerprint density at radius 3 is 2.26 bits per heavy atom. The van der Waals surface area contributed by atoms with Gasteiger partial charge in [-0.25, -0.2) is 9.97 Å². The fourth-order valence-corrected chi connectivity index (χ4v) is 2.47. The second-order valence-corrected chi connectivity index (χ2v) is 6.11. The van der Waals surface area contributed by atoms with Crippen molar-refractivity contribution in [2.24, 2.45) is 0 Å². The molecule has 1 aromatic rings. The smallest absolute Gasteiger partial charge is 0.134 e. The second-order valence-electron chi connectivity index (χ2n) is 6.11. The molecule has 0 saturated heterocycles. The number of hydrogen-bond donors (Lipinski definition) is 1. The maximum Gasteiger partial charge on any atom is 0.134 e. The minimum atomic E-state index is 0.275. The lowest BCUT2D eigenvalue weighted by Gasteiger charge is -2.14. The number of aryl methyl sites for hydroxylation is 2. The summed E-state index contributed by atoms with van der Waals surface area (Å²) < 4.78 is 0. The van der Waals surface area contributed by atoms with Crippen molar-refractivity contribution in [3.8, 4) is 0 Å². The van der Waals surface area contributed by atoms with E-state index in [4.69, 9.17) is 9.97 Å². The summed E-state index contributed by atoms with van der Waals surface area (Å²) in [6, 6.07) is 0. The molecule has 0 bridgehead atoms. The third-order valence-corrected chi connectivity index (χ3v) is 4.17. The molecule has 1 fully saturated rings. The number of aromatic nitrogens is 2. The van der Waals surface area contributed by atoms with Gasteiger partial charge < -0.3 is 5.32 Å². The largest absolute Gasteiger partial charge is 0.317 e. The molecule has 0 atom stereocenters. The van der Waals surface area contributed by atoms with E-state index < -0.39 is 0 Å². The second kappa shape index (κ2) is 6.00. The van der Waals surface area contributed by atoms with E-state index in [1.165, 1.54) is 42.6 Å². The normalized spacial score (nSPS) is 16.6. The molecule has 0 aromatic carbocycles. The van der Waals surface area contributed by atoms with Crippen LogP contribution in [0.15, 0.2) is 0 Å². The Hall–Kier alpha value is -0.960. The molecule has 0 spiro atoms. The average molecular weight is 261 g/mol. The van der Waals surface area contributed by atoms with Crippen LogP contribution < -0.4 is 5.32 Å². The molecule has 0 unspecified atom stereocenters. The number of rotatable bonds is 7. The molecule has 1 N–H and O–H groups in total. The molecule has 1 aliphatic carbocycles. The fourth-order valence-electron chi connectivity index (χ4n) is 2.47. The molecule has 1 aliphatic rings. The van der Waals surface area contributed by atoms with Crippen molar-refractivity contribution in [2.45, 2.75) is 65.2 Å². The first-order valence-electron chi connectivity index (χ1n) is 7.62. The van der Waals surface area contributed by atoms with E-state index in [1.54, 1.807) is 0 Å². The third kappa shape index (κ3) is 3.53. The van der Waals surface area contributed by atoms with E-state index in [2.05, 4.69) is 33.0 Å². The van der Waals surface area contributed by atoms with Crippen molar-refractivity contribution < 1.29 is 0 Å². The van der Waals surface area contributed by atoms with Gasteiger partial charge in [-0.15, -0.1) is 0 Å². The zero-order chi connectivity index (χ0) is 13.9. The molecule has 1 saturated carbocycles. The molecule has 0 aliphatic heterocycles. The molecule has 106 valence electrons. The first kappa shape index (κ1) is 14.4. The van der Waals surface area contributed by atoms with Gasteiger partial charge in [-0.2, -0.15) is 0 Å². The van der Waals surface area contributed by atoms with Crippen LogP contribution in [0.1, 0.15) is 62.3 Å². The van der Waals surface area contributed by atoms with Crippen molar-refractivity contribution in [1.29, 1.82) is 0 Å². The van der Waals surface area contributed by atoms with Crippen molar-refractivity contribution in [3.05, 3.63) is 22.8 Å². The van der Waals surface area contributed by atoms with Crippen LogP contribution in [0, 0.1) is 13.8 Å². The van der Waals surface area contributed by atoms with Crippen LogP contribution in [0.4, 0.5) is 0 Å². The molecular formula is C16H27N3. The van der Waals surface area contributed by atoms with Crippen molar-refractivity contribution in [3.63, 3.8) is 0 Å². The lowest BCUT2D eigenvalue weighted by Crippen LogP contribution is -2.17. The first-order valence-corrected chi connectivity index (χ1v) is 7.62. The van der Waals surface area contributed by atoms with Crippen LogP contribution in [0.5, 0.6) is 0 Å². The number of hydrogen-bond acceptors (Lipinski definition) is 3. The van der Waals surface area contributed by atoms with E-state index in [1.807, 2.05) is 0 Å². The molecule has 2 rings (SSSR count). The van der Waals surface area contributed by atoms with Gasteiger partial charge in [0.05, 0.1) is 0 Å². The zero-order valence-electron chi connectivity index (χ0n) is 12.8. The minimum Gasteiger partial charge on any atom is -0.317 e. The molecule has 19 heavy (non-hydrogen) atoms. The van der Waals surface area contributed by atoms with Gasteiger partial charge in [0, 0.05) is 16.8 Å². The minimum absolute atomic E-state index is 0.275. The quantitative estimate of drug-likeness (QED) is 0.767. The first-order chi connectivity index (χ1) is 9.07. The van der Waals surface area contributed by atoms with Gasteiger partial charge in [-0.1, -0.05) is 13.8 Å². The molecule has 3 nitrogen and oxygen atoms in total. The summed E-state index contributed by atoms with van der Waals surface area (Å²) in [5, 5.41) is 3.45. The maximum atomic E-state index is 4.75. The number of nitrogens with zero attached hydrogens (tertiary/aromatic N) is 2. The van der Waals surface area contributed by atoms with Gasteiger partial charge in [0.1, 0.15) is 5.82 Å². The SMILES string of the molecule is CCCNCCCc1c(C)nc(C2(C)CC2)nc1C. The summed E-state index contributed by atoms with van der Waals surface area (Å²) in [5.41, 5.74) is 4.00. The molecule has 0 amide bonds. The highest BCUT2D eigenvalue weighted by molar-refractivity contribution is 5.28. The Balaban J connectivity index is 1.97. The third-order valence-electron chi connectivity index (χ3n) is 4.17. The molecule has 1 heterocycles. The van der Waals surface area contributed by atoms with Crippen LogP contribution in [0.2, 0.25) is 0 Å². The van der Waals surface area contributed by atoms with Crippen LogP contribution in [0.3, 0.4) is 0 Å². The van der Waals surface area contributed by atoms with Gasteiger partial charge in [0.15, 0.2) is 0 Å². The fraction of sp³-hybridized carbons (Fsp3) is 0.750. The van der Waals surface area contributed by atoms with Crippen LogP contribution in [-0.4, -0.2) is 23.1 Å². The van der Waals surface area contributed by atoms with Crippen LogP contribution in [-0.2, 0) is 11.8 Å². The van der Waals surface area contributed by atoms with Gasteiger partial charge >= 0.3 is 0 Å². The summed E-state index contributed by atoms with van der Waals surface area (Å²) >= 11 is 0. The van der Waals surface area contributed by atoms with E-state index >= 15 is 0 Å². The summed E-state index contributed by atoms with van der Waals surface area (Å²) in [6.07, 6.45) is 5.94. The molecule has 0 radical (unpaired) electrons. The summed E-state index contributed by atoms with van der Waals surface area (Å²) in [5.74, 6) is 1.07. The average Bonchev–Trinajstić information content (AvgIpc) is 3.11. The molecule has 1 aromatic heterocycles. The van der Waals surface area contributed by atoms with Crippen molar-refractivity contribution in [2.75, 3.05) is 13.1 Å². The highest BCUT2D eigenvalue weighted by Crippen LogP contribution is 2.46. The summed E-state index contributed by atoms with van der Waals surface area (Å²) in [4.78, 5) is 9.50. The molecule has 3 heteroatoms. The Kier molecular flexibility index (Phi) is 4.56. The van der Waals surface area contributed by atoms with Crippen molar-refractivity contribution in [1.82, 2.24) is 15.3 Å². The van der Waals surface area contributed by atoms with E-state index in [0.29, 0.717) is 0 Å². The highest BCUT2D eigenvalue weighted by atomic mass is 14.9. The lowest BCUT2D eigenvalue weighted by molar-refractivity contribution is 0.632. The monoisotopic (exact) mass is 261 g/mol. The van der Waals surface area contributed by atoms with Gasteiger partial charge in [-0.05, 0) is 64.6 Å². The van der Waals surface area contributed by atoms with Gasteiger partial charge in [0.25, 0.3) is 0 Å². The summed E-state index contributed by atoms with van der Waals surface area (Å²) in [7, 11) is 0. The van der Waals surface area contributed by atoms with E-state index in [9.17, 15) is 0 Å². The predicted octanol–water partition coefficient (Wildman–Crippen LogP) is 3.08. The highest BCUT2D eigenvalue weighted by Gasteiger charge is 2.42. The summed E-state index contributed by atoms with van der Waals surface area (Å²) in [6.45, 7) is 11.0. The Bertz CT molecular complexity index is 413. The number of nitrogens with one attached hydrogen (secondary N) is 1. The predicted molar refractivity (Wildman–Crippen MR) is 79.6 cm³/mol. The Labute approximate surface area is 117 Å². The van der Waals surface area contributed by atoms with Crippen molar-refractivity contribution >= 4 is 0 Å². The van der Waals surface area contributed by atoms with Crippen LogP contribution >= 0.6 is 0 Å². The van der Waals surface area contributed by atoms with Gasteiger partial charge in [0.2, 0.25) is 0 Å². The maximum absolute atomic E-state index is 4.75. The lowest BCUT2D eigenvalue weighted by atomic mass is 10.0. The van der Waals surface area contributed by atoms with Crippen LogP contribution in [0.25, 0.3) is 0 Å². The van der Waals surface area contributed by atoms with Gasteiger partial charge in [-0.3, -0.25) is 0 Å². The van der Waals surface area contributed by atoms with E-state index in [-0.39, 0.29) is 5.41 Å². The van der Waals surface area contributed by atoms with E-state index in [0.717, 1.165) is 25.3 Å². The standard InChI is InChI=1S/C16H27N3/c1-5-10-17-11-6-7-14-12(2)18-15(19-13(14)3)16(4)8-9-16/h17H,5-11H2,1-4H3. The Morgan fingerprint density at radius 2 is 1.74 bits per heavy atom. The Morgan fingerprint density at radius 1 is 1.11 bits per heavy atom. The molecular weight excluding hydrogens is 234 g/mol. The topological polar surface area (TPSA) is 37.8 Å².